The number of nitrogens with one attached hydrogen (secondary N) is 2. The molecule has 132 valence electrons. The van der Waals surface area contributed by atoms with Gasteiger partial charge in [-0.25, -0.2) is 4.79 Å². The lowest BCUT2D eigenvalue weighted by Gasteiger charge is -2.32. The molecule has 0 radical (unpaired) electrons. The maximum atomic E-state index is 12.1. The van der Waals surface area contributed by atoms with E-state index in [1.165, 1.54) is 17.4 Å². The molecule has 0 aliphatic heterocycles. The zero-order valence-corrected chi connectivity index (χ0v) is 14.3. The van der Waals surface area contributed by atoms with E-state index < -0.39 is 6.03 Å². The van der Waals surface area contributed by atoms with Crippen molar-refractivity contribution in [1.82, 2.24) is 15.5 Å². The van der Waals surface area contributed by atoms with Crippen LogP contribution in [0.25, 0.3) is 0 Å². The number of furan rings is 1. The van der Waals surface area contributed by atoms with Crippen molar-refractivity contribution >= 4 is 11.9 Å². The van der Waals surface area contributed by atoms with Gasteiger partial charge in [-0.05, 0) is 49.6 Å². The highest BCUT2D eigenvalue weighted by atomic mass is 16.3. The number of aryl methyl sites for hydroxylation is 1. The summed E-state index contributed by atoms with van der Waals surface area (Å²) in [7, 11) is 1.92. The maximum Gasteiger partial charge on any atom is 0.321 e. The van der Waals surface area contributed by atoms with Crippen LogP contribution >= 0.6 is 0 Å². The van der Waals surface area contributed by atoms with Crippen molar-refractivity contribution in [3.63, 3.8) is 0 Å². The quantitative estimate of drug-likeness (QED) is 0.877. The monoisotopic (exact) mass is 341 g/mol. The standard InChI is InChI=1S/C19H23N3O3/c1-22(17-10-4-7-14-6-2-3-9-16(14)17)13-18(23)21-19(24)20-12-15-8-5-11-25-15/h2-3,5-6,8-9,11,17H,4,7,10,12-13H2,1H3,(H2,20,21,23,24)/t17-/m1/s1. The Bertz CT molecular complexity index is 727. The van der Waals surface area contributed by atoms with E-state index in [1.807, 2.05) is 18.0 Å². The van der Waals surface area contributed by atoms with Gasteiger partial charge in [-0.15, -0.1) is 0 Å². The Kier molecular flexibility index (Phi) is 5.50. The van der Waals surface area contributed by atoms with Crippen LogP contribution in [0.15, 0.2) is 47.1 Å². The third-order valence-electron chi connectivity index (χ3n) is 4.52. The summed E-state index contributed by atoms with van der Waals surface area (Å²) in [5.41, 5.74) is 2.63. The maximum absolute atomic E-state index is 12.1. The van der Waals surface area contributed by atoms with Crippen molar-refractivity contribution in [3.05, 3.63) is 59.5 Å². The number of hydrogen-bond acceptors (Lipinski definition) is 4. The van der Waals surface area contributed by atoms with Crippen molar-refractivity contribution in [1.29, 1.82) is 0 Å². The molecule has 3 rings (SSSR count). The van der Waals surface area contributed by atoms with Gasteiger partial charge in [0, 0.05) is 6.04 Å². The molecule has 0 saturated heterocycles. The van der Waals surface area contributed by atoms with E-state index in [0.717, 1.165) is 19.3 Å². The number of fused-ring (bicyclic) bond motifs is 1. The Labute approximate surface area is 147 Å². The lowest BCUT2D eigenvalue weighted by molar-refractivity contribution is -0.121. The highest BCUT2D eigenvalue weighted by Gasteiger charge is 2.24. The number of benzene rings is 1. The number of rotatable bonds is 5. The normalized spacial score (nSPS) is 16.3. The van der Waals surface area contributed by atoms with E-state index in [0.29, 0.717) is 5.76 Å². The summed E-state index contributed by atoms with van der Waals surface area (Å²) in [4.78, 5) is 26.0. The molecule has 0 fully saturated rings. The second-order valence-electron chi connectivity index (χ2n) is 6.33. The van der Waals surface area contributed by atoms with Gasteiger partial charge in [0.1, 0.15) is 5.76 Å². The molecule has 1 heterocycles. The van der Waals surface area contributed by atoms with Crippen molar-refractivity contribution in [2.45, 2.75) is 31.8 Å². The van der Waals surface area contributed by atoms with Crippen molar-refractivity contribution in [2.24, 2.45) is 0 Å². The summed E-state index contributed by atoms with van der Waals surface area (Å²) in [6, 6.07) is 11.6. The molecule has 2 N–H and O–H groups in total. The first-order chi connectivity index (χ1) is 12.1. The minimum absolute atomic E-state index is 0.174. The van der Waals surface area contributed by atoms with Gasteiger partial charge in [0.05, 0.1) is 19.4 Å². The van der Waals surface area contributed by atoms with Crippen LogP contribution in [-0.4, -0.2) is 30.4 Å². The Morgan fingerprint density at radius 3 is 2.88 bits per heavy atom. The van der Waals surface area contributed by atoms with Crippen molar-refractivity contribution in [2.75, 3.05) is 13.6 Å². The van der Waals surface area contributed by atoms with Crippen molar-refractivity contribution < 1.29 is 14.0 Å². The summed E-state index contributed by atoms with van der Waals surface area (Å²) in [6.07, 6.45) is 4.75. The SMILES string of the molecule is CN(CC(=O)NC(=O)NCc1ccco1)[C@@H]1CCCc2ccccc21. The van der Waals surface area contributed by atoms with Crippen LogP contribution in [0.1, 0.15) is 35.8 Å². The number of carbonyl (C=O) groups is 2. The van der Waals surface area contributed by atoms with E-state index in [1.54, 1.807) is 12.1 Å². The van der Waals surface area contributed by atoms with Gasteiger partial charge in [0.15, 0.2) is 0 Å². The van der Waals surface area contributed by atoms with E-state index in [2.05, 4.69) is 28.8 Å². The Balaban J connectivity index is 1.50. The highest BCUT2D eigenvalue weighted by molar-refractivity contribution is 5.95. The summed E-state index contributed by atoms with van der Waals surface area (Å²) in [5, 5.41) is 4.97. The van der Waals surface area contributed by atoms with Crippen LogP contribution in [0, 0.1) is 0 Å². The second kappa shape index (κ2) is 7.98. The van der Waals surface area contributed by atoms with E-state index in [4.69, 9.17) is 4.42 Å². The average Bonchev–Trinajstić information content (AvgIpc) is 3.13. The molecule has 1 atom stereocenters. The molecule has 1 aliphatic carbocycles. The lowest BCUT2D eigenvalue weighted by atomic mass is 9.87. The minimum atomic E-state index is -0.515. The van der Waals surface area contributed by atoms with Gasteiger partial charge in [0.2, 0.25) is 5.91 Å². The first-order valence-corrected chi connectivity index (χ1v) is 8.51. The topological polar surface area (TPSA) is 74.6 Å². The molecule has 1 aromatic carbocycles. The number of imide groups is 1. The Morgan fingerprint density at radius 1 is 1.24 bits per heavy atom. The first-order valence-electron chi connectivity index (χ1n) is 8.51. The summed E-state index contributed by atoms with van der Waals surface area (Å²) in [5.74, 6) is 0.320. The van der Waals surface area contributed by atoms with Crippen LogP contribution in [-0.2, 0) is 17.8 Å². The molecular weight excluding hydrogens is 318 g/mol. The number of urea groups is 1. The summed E-state index contributed by atoms with van der Waals surface area (Å²) >= 11 is 0. The molecule has 2 aromatic rings. The molecule has 0 unspecified atom stereocenters. The minimum Gasteiger partial charge on any atom is -0.467 e. The Morgan fingerprint density at radius 2 is 2.08 bits per heavy atom. The molecule has 6 nitrogen and oxygen atoms in total. The van der Waals surface area contributed by atoms with E-state index in [9.17, 15) is 9.59 Å². The predicted molar refractivity (Wildman–Crippen MR) is 93.8 cm³/mol. The number of likely N-dealkylation sites (N-methyl/N-ethyl adjacent to an activating group) is 1. The summed E-state index contributed by atoms with van der Waals surface area (Å²) in [6.45, 7) is 0.422. The fraction of sp³-hybridized carbons (Fsp3) is 0.368. The smallest absolute Gasteiger partial charge is 0.321 e. The number of amides is 3. The zero-order chi connectivity index (χ0) is 17.6. The molecule has 0 spiro atoms. The highest BCUT2D eigenvalue weighted by Crippen LogP contribution is 2.33. The first kappa shape index (κ1) is 17.2. The third kappa shape index (κ3) is 4.48. The largest absolute Gasteiger partial charge is 0.467 e. The fourth-order valence-corrected chi connectivity index (χ4v) is 3.31. The molecule has 0 bridgehead atoms. The van der Waals surface area contributed by atoms with Gasteiger partial charge in [-0.1, -0.05) is 24.3 Å². The number of hydrogen-bond donors (Lipinski definition) is 2. The average molecular weight is 341 g/mol. The van der Waals surface area contributed by atoms with Gasteiger partial charge in [-0.2, -0.15) is 0 Å². The van der Waals surface area contributed by atoms with Crippen LogP contribution in [0.4, 0.5) is 4.79 Å². The second-order valence-corrected chi connectivity index (χ2v) is 6.33. The van der Waals surface area contributed by atoms with Crippen LogP contribution in [0.5, 0.6) is 0 Å². The molecule has 0 saturated carbocycles. The molecule has 25 heavy (non-hydrogen) atoms. The van der Waals surface area contributed by atoms with Gasteiger partial charge in [0.25, 0.3) is 0 Å². The van der Waals surface area contributed by atoms with Crippen molar-refractivity contribution in [3.8, 4) is 0 Å². The lowest BCUT2D eigenvalue weighted by Crippen LogP contribution is -2.44. The van der Waals surface area contributed by atoms with Gasteiger partial charge in [-0.3, -0.25) is 15.0 Å². The fourth-order valence-electron chi connectivity index (χ4n) is 3.31. The Hall–Kier alpha value is -2.60. The zero-order valence-electron chi connectivity index (χ0n) is 14.3. The van der Waals surface area contributed by atoms with E-state index in [-0.39, 0.29) is 25.0 Å². The van der Waals surface area contributed by atoms with Crippen LogP contribution in [0.2, 0.25) is 0 Å². The number of carbonyl (C=O) groups excluding carboxylic acids is 2. The molecule has 6 heteroatoms. The van der Waals surface area contributed by atoms with Gasteiger partial charge >= 0.3 is 6.03 Å². The van der Waals surface area contributed by atoms with Crippen LogP contribution < -0.4 is 10.6 Å². The molecule has 3 amide bonds. The molecular formula is C19H23N3O3. The van der Waals surface area contributed by atoms with Crippen LogP contribution in [0.3, 0.4) is 0 Å². The number of nitrogens with zero attached hydrogens (tertiary/aromatic N) is 1. The third-order valence-corrected chi connectivity index (χ3v) is 4.52. The molecule has 1 aliphatic rings. The van der Waals surface area contributed by atoms with Gasteiger partial charge < -0.3 is 9.73 Å². The predicted octanol–water partition coefficient (Wildman–Crippen LogP) is 2.61. The van der Waals surface area contributed by atoms with E-state index >= 15 is 0 Å². The molecule has 1 aromatic heterocycles. The summed E-state index contributed by atoms with van der Waals surface area (Å²) < 4.78 is 5.13.